The van der Waals surface area contributed by atoms with Gasteiger partial charge in [-0.25, -0.2) is 0 Å². The molecule has 0 amide bonds. The van der Waals surface area contributed by atoms with E-state index in [1.807, 2.05) is 6.07 Å². The molecule has 0 spiro atoms. The van der Waals surface area contributed by atoms with Crippen molar-refractivity contribution in [3.63, 3.8) is 0 Å². The van der Waals surface area contributed by atoms with Gasteiger partial charge in [-0.3, -0.25) is 4.90 Å². The van der Waals surface area contributed by atoms with Crippen molar-refractivity contribution in [1.82, 2.24) is 4.90 Å². The lowest BCUT2D eigenvalue weighted by Gasteiger charge is -2.15. The number of thiol groups is 1. The first-order chi connectivity index (χ1) is 7.24. The fraction of sp³-hybridized carbons (Fsp3) is 0.333. The Kier molecular flexibility index (Phi) is 6.06. The summed E-state index contributed by atoms with van der Waals surface area (Å²) in [6, 6.07) is 8.32. The van der Waals surface area contributed by atoms with Gasteiger partial charge >= 0.3 is 0 Å². The van der Waals surface area contributed by atoms with Crippen LogP contribution in [0.15, 0.2) is 40.9 Å². The highest BCUT2D eigenvalue weighted by Crippen LogP contribution is 2.16. The molecule has 0 saturated heterocycles. The van der Waals surface area contributed by atoms with Crippen LogP contribution in [-0.2, 0) is 6.54 Å². The van der Waals surface area contributed by atoms with Gasteiger partial charge in [0, 0.05) is 23.3 Å². The summed E-state index contributed by atoms with van der Waals surface area (Å²) in [6.07, 6.45) is 4.21. The summed E-state index contributed by atoms with van der Waals surface area (Å²) >= 11 is 7.68. The van der Waals surface area contributed by atoms with E-state index >= 15 is 0 Å². The molecular weight excluding hydrogens is 270 g/mol. The molecule has 1 aromatic rings. The lowest BCUT2D eigenvalue weighted by Crippen LogP contribution is -2.17. The van der Waals surface area contributed by atoms with Crippen molar-refractivity contribution in [3.05, 3.63) is 46.5 Å². The molecule has 0 fully saturated rings. The van der Waals surface area contributed by atoms with Crippen LogP contribution in [0, 0.1) is 0 Å². The van der Waals surface area contributed by atoms with E-state index < -0.39 is 0 Å². The second kappa shape index (κ2) is 7.09. The lowest BCUT2D eigenvalue weighted by molar-refractivity contribution is 0.362. The predicted octanol–water partition coefficient (Wildman–Crippen LogP) is 3.37. The second-order valence-corrected chi connectivity index (χ2v) is 4.66. The number of benzene rings is 1. The molecular formula is C12H16BrNS. The summed E-state index contributed by atoms with van der Waals surface area (Å²) in [5.41, 5.74) is 1.32. The highest BCUT2D eigenvalue weighted by Gasteiger charge is 2.01. The summed E-state index contributed by atoms with van der Waals surface area (Å²) in [7, 11) is 2.11. The molecule has 82 valence electrons. The van der Waals surface area contributed by atoms with Gasteiger partial charge in [-0.2, -0.15) is 12.6 Å². The summed E-state index contributed by atoms with van der Waals surface area (Å²) < 4.78 is 1.18. The highest BCUT2D eigenvalue weighted by molar-refractivity contribution is 9.10. The Morgan fingerprint density at radius 1 is 1.33 bits per heavy atom. The Morgan fingerprint density at radius 2 is 2.07 bits per heavy atom. The zero-order chi connectivity index (χ0) is 11.1. The molecule has 0 bridgehead atoms. The standard InChI is InChI=1S/C12H16BrNS/c1-14(8-4-5-9-15)10-11-6-2-3-7-12(11)13/h2-7,15H,8-10H2,1H3. The van der Waals surface area contributed by atoms with Gasteiger partial charge in [0.25, 0.3) is 0 Å². The Bertz CT molecular complexity index is 325. The molecule has 0 atom stereocenters. The zero-order valence-corrected chi connectivity index (χ0v) is 11.3. The van der Waals surface area contributed by atoms with Gasteiger partial charge in [0.2, 0.25) is 0 Å². The quantitative estimate of drug-likeness (QED) is 0.641. The number of halogens is 1. The van der Waals surface area contributed by atoms with Gasteiger partial charge in [0.05, 0.1) is 0 Å². The van der Waals surface area contributed by atoms with Crippen molar-refractivity contribution in [2.45, 2.75) is 6.54 Å². The van der Waals surface area contributed by atoms with Crippen LogP contribution >= 0.6 is 28.6 Å². The van der Waals surface area contributed by atoms with Crippen molar-refractivity contribution in [2.24, 2.45) is 0 Å². The fourth-order valence-corrected chi connectivity index (χ4v) is 1.87. The normalized spacial score (nSPS) is 11.5. The largest absolute Gasteiger partial charge is 0.298 e. The van der Waals surface area contributed by atoms with Crippen LogP contribution in [-0.4, -0.2) is 24.2 Å². The maximum Gasteiger partial charge on any atom is 0.0245 e. The van der Waals surface area contributed by atoms with Crippen LogP contribution in [0.4, 0.5) is 0 Å². The third-order valence-electron chi connectivity index (χ3n) is 2.09. The molecule has 0 aliphatic heterocycles. The molecule has 3 heteroatoms. The van der Waals surface area contributed by atoms with E-state index in [0.717, 1.165) is 18.8 Å². The molecule has 0 heterocycles. The van der Waals surface area contributed by atoms with Gasteiger partial charge < -0.3 is 0 Å². The monoisotopic (exact) mass is 285 g/mol. The van der Waals surface area contributed by atoms with E-state index in [9.17, 15) is 0 Å². The molecule has 1 nitrogen and oxygen atoms in total. The lowest BCUT2D eigenvalue weighted by atomic mass is 10.2. The van der Waals surface area contributed by atoms with Crippen LogP contribution in [0.3, 0.4) is 0 Å². The number of hydrogen-bond donors (Lipinski definition) is 1. The molecule has 0 radical (unpaired) electrons. The van der Waals surface area contributed by atoms with E-state index in [-0.39, 0.29) is 0 Å². The fourth-order valence-electron chi connectivity index (χ4n) is 1.31. The summed E-state index contributed by atoms with van der Waals surface area (Å²) in [4.78, 5) is 2.26. The second-order valence-electron chi connectivity index (χ2n) is 3.44. The van der Waals surface area contributed by atoms with E-state index in [1.54, 1.807) is 0 Å². The Labute approximate surface area is 106 Å². The van der Waals surface area contributed by atoms with Crippen LogP contribution in [0.25, 0.3) is 0 Å². The van der Waals surface area contributed by atoms with E-state index in [1.165, 1.54) is 10.0 Å². The maximum atomic E-state index is 4.13. The number of likely N-dealkylation sites (N-methyl/N-ethyl adjacent to an activating group) is 1. The van der Waals surface area contributed by atoms with Crippen LogP contribution < -0.4 is 0 Å². The number of nitrogens with zero attached hydrogens (tertiary/aromatic N) is 1. The van der Waals surface area contributed by atoms with Gasteiger partial charge in [-0.05, 0) is 18.7 Å². The summed E-state index contributed by atoms with van der Waals surface area (Å²) in [5.74, 6) is 0.808. The first kappa shape index (κ1) is 12.8. The Morgan fingerprint density at radius 3 is 2.73 bits per heavy atom. The minimum atomic E-state index is 0.808. The molecule has 0 aromatic heterocycles. The molecule has 0 aliphatic rings. The third kappa shape index (κ3) is 4.87. The topological polar surface area (TPSA) is 3.24 Å². The first-order valence-corrected chi connectivity index (χ1v) is 6.34. The van der Waals surface area contributed by atoms with Crippen molar-refractivity contribution in [3.8, 4) is 0 Å². The predicted molar refractivity (Wildman–Crippen MR) is 73.5 cm³/mol. The SMILES string of the molecule is CN(CC=CCS)Cc1ccccc1Br. The van der Waals surface area contributed by atoms with Gasteiger partial charge in [0.15, 0.2) is 0 Å². The van der Waals surface area contributed by atoms with Crippen molar-refractivity contribution in [1.29, 1.82) is 0 Å². The summed E-state index contributed by atoms with van der Waals surface area (Å²) in [6.45, 7) is 1.92. The van der Waals surface area contributed by atoms with Gasteiger partial charge in [0.1, 0.15) is 0 Å². The number of hydrogen-bond acceptors (Lipinski definition) is 2. The van der Waals surface area contributed by atoms with Crippen molar-refractivity contribution in [2.75, 3.05) is 19.3 Å². The minimum Gasteiger partial charge on any atom is -0.298 e. The average molecular weight is 286 g/mol. The van der Waals surface area contributed by atoms with E-state index in [0.29, 0.717) is 0 Å². The van der Waals surface area contributed by atoms with E-state index in [4.69, 9.17) is 0 Å². The van der Waals surface area contributed by atoms with Crippen LogP contribution in [0.2, 0.25) is 0 Å². The third-order valence-corrected chi connectivity index (χ3v) is 3.07. The zero-order valence-electron chi connectivity index (χ0n) is 8.86. The molecule has 1 aromatic carbocycles. The van der Waals surface area contributed by atoms with Crippen LogP contribution in [0.1, 0.15) is 5.56 Å². The average Bonchev–Trinajstić information content (AvgIpc) is 2.22. The van der Waals surface area contributed by atoms with Crippen molar-refractivity contribution >= 4 is 28.6 Å². The van der Waals surface area contributed by atoms with E-state index in [2.05, 4.69) is 70.9 Å². The molecule has 0 N–H and O–H groups in total. The van der Waals surface area contributed by atoms with Gasteiger partial charge in [-0.1, -0.05) is 46.3 Å². The Hall–Kier alpha value is -0.250. The molecule has 1 rings (SSSR count). The minimum absolute atomic E-state index is 0.808. The van der Waals surface area contributed by atoms with Gasteiger partial charge in [-0.15, -0.1) is 0 Å². The van der Waals surface area contributed by atoms with Crippen molar-refractivity contribution < 1.29 is 0 Å². The first-order valence-electron chi connectivity index (χ1n) is 4.92. The summed E-state index contributed by atoms with van der Waals surface area (Å²) in [5, 5.41) is 0. The smallest absolute Gasteiger partial charge is 0.0245 e. The molecule has 0 aliphatic carbocycles. The van der Waals surface area contributed by atoms with Crippen LogP contribution in [0.5, 0.6) is 0 Å². The maximum absolute atomic E-state index is 4.13. The molecule has 0 saturated carbocycles. The molecule has 15 heavy (non-hydrogen) atoms. The Balaban J connectivity index is 2.47. The highest BCUT2D eigenvalue weighted by atomic mass is 79.9. The molecule has 0 unspecified atom stereocenters. The number of rotatable bonds is 5.